The summed E-state index contributed by atoms with van der Waals surface area (Å²) in [7, 11) is 0. The number of hydrogen-bond acceptors (Lipinski definition) is 3. The summed E-state index contributed by atoms with van der Waals surface area (Å²) in [6, 6.07) is 9.42. The van der Waals surface area contributed by atoms with Crippen molar-refractivity contribution < 1.29 is 9.47 Å². The lowest BCUT2D eigenvalue weighted by Gasteiger charge is -2.23. The summed E-state index contributed by atoms with van der Waals surface area (Å²) >= 11 is 0. The van der Waals surface area contributed by atoms with Gasteiger partial charge < -0.3 is 9.47 Å². The zero-order chi connectivity index (χ0) is 10.5. The molecule has 1 aliphatic rings. The summed E-state index contributed by atoms with van der Waals surface area (Å²) in [4.78, 5) is 0. The fraction of sp³-hybridized carbons (Fsp3) is 0.417. The van der Waals surface area contributed by atoms with Crippen LogP contribution in [-0.4, -0.2) is 19.3 Å². The average molecular weight is 203 g/mol. The van der Waals surface area contributed by atoms with Crippen LogP contribution in [0.25, 0.3) is 0 Å². The molecule has 1 fully saturated rings. The molecule has 78 valence electrons. The van der Waals surface area contributed by atoms with Crippen LogP contribution in [-0.2, 0) is 4.74 Å². The van der Waals surface area contributed by atoms with Gasteiger partial charge in [0.1, 0.15) is 17.9 Å². The fourth-order valence-electron chi connectivity index (χ4n) is 1.65. The second kappa shape index (κ2) is 4.81. The molecule has 3 heteroatoms. The van der Waals surface area contributed by atoms with Crippen LogP contribution in [0.2, 0.25) is 0 Å². The summed E-state index contributed by atoms with van der Waals surface area (Å²) in [5.74, 6) is 0.663. The molecule has 1 atom stereocenters. The zero-order valence-corrected chi connectivity index (χ0v) is 8.48. The Morgan fingerprint density at radius 3 is 3.00 bits per heavy atom. The molecule has 1 saturated heterocycles. The molecule has 0 amide bonds. The van der Waals surface area contributed by atoms with Crippen LogP contribution >= 0.6 is 0 Å². The molecule has 1 heterocycles. The van der Waals surface area contributed by atoms with Crippen LogP contribution in [0.5, 0.6) is 5.75 Å². The maximum Gasteiger partial charge on any atom is 0.137 e. The Bertz CT molecular complexity index is 364. The van der Waals surface area contributed by atoms with E-state index in [-0.39, 0.29) is 6.10 Å². The zero-order valence-electron chi connectivity index (χ0n) is 8.48. The third kappa shape index (κ3) is 2.48. The molecular weight excluding hydrogens is 190 g/mol. The molecule has 0 bridgehead atoms. The van der Waals surface area contributed by atoms with E-state index in [4.69, 9.17) is 14.7 Å². The van der Waals surface area contributed by atoms with E-state index >= 15 is 0 Å². The molecule has 0 radical (unpaired) electrons. The van der Waals surface area contributed by atoms with Crippen LogP contribution in [0, 0.1) is 11.3 Å². The van der Waals surface area contributed by atoms with Gasteiger partial charge in [-0.25, -0.2) is 0 Å². The molecule has 1 aromatic carbocycles. The number of nitriles is 1. The van der Waals surface area contributed by atoms with E-state index in [0.29, 0.717) is 17.9 Å². The summed E-state index contributed by atoms with van der Waals surface area (Å²) < 4.78 is 11.0. The molecular formula is C12H13NO2. The molecule has 1 unspecified atom stereocenters. The quantitative estimate of drug-likeness (QED) is 0.739. The normalized spacial score (nSPS) is 20.6. The Hall–Kier alpha value is -1.53. The van der Waals surface area contributed by atoms with E-state index < -0.39 is 0 Å². The van der Waals surface area contributed by atoms with Crippen LogP contribution in [0.15, 0.2) is 24.3 Å². The number of para-hydroxylation sites is 1. The van der Waals surface area contributed by atoms with Crippen LogP contribution in [0.4, 0.5) is 0 Å². The highest BCUT2D eigenvalue weighted by Gasteiger charge is 2.16. The number of nitrogens with zero attached hydrogens (tertiary/aromatic N) is 1. The van der Waals surface area contributed by atoms with Crippen molar-refractivity contribution in [1.29, 1.82) is 5.26 Å². The van der Waals surface area contributed by atoms with E-state index in [9.17, 15) is 0 Å². The second-order valence-electron chi connectivity index (χ2n) is 3.56. The highest BCUT2D eigenvalue weighted by molar-refractivity contribution is 5.42. The van der Waals surface area contributed by atoms with E-state index in [1.807, 2.05) is 18.2 Å². The fourth-order valence-corrected chi connectivity index (χ4v) is 1.65. The number of benzene rings is 1. The third-order valence-corrected chi connectivity index (χ3v) is 2.42. The van der Waals surface area contributed by atoms with Gasteiger partial charge >= 0.3 is 0 Å². The SMILES string of the molecule is N#Cc1ccccc1OC1CCCOC1. The molecule has 3 nitrogen and oxygen atoms in total. The first-order chi connectivity index (χ1) is 7.40. The van der Waals surface area contributed by atoms with Crippen LogP contribution in [0.3, 0.4) is 0 Å². The summed E-state index contributed by atoms with van der Waals surface area (Å²) in [5.41, 5.74) is 0.586. The summed E-state index contributed by atoms with van der Waals surface area (Å²) in [5, 5.41) is 8.89. The average Bonchev–Trinajstić information content (AvgIpc) is 2.31. The lowest BCUT2D eigenvalue weighted by Crippen LogP contribution is -2.28. The molecule has 0 aliphatic carbocycles. The first kappa shape index (κ1) is 10.0. The topological polar surface area (TPSA) is 42.2 Å². The van der Waals surface area contributed by atoms with Crippen molar-refractivity contribution in [1.82, 2.24) is 0 Å². The third-order valence-electron chi connectivity index (χ3n) is 2.42. The van der Waals surface area contributed by atoms with Gasteiger partial charge in [0.25, 0.3) is 0 Å². The molecule has 1 aliphatic heterocycles. The van der Waals surface area contributed by atoms with Crippen molar-refractivity contribution in [2.24, 2.45) is 0 Å². The number of ether oxygens (including phenoxy) is 2. The first-order valence-electron chi connectivity index (χ1n) is 5.13. The van der Waals surface area contributed by atoms with Gasteiger partial charge in [-0.1, -0.05) is 12.1 Å². The van der Waals surface area contributed by atoms with Crippen LogP contribution < -0.4 is 4.74 Å². The van der Waals surface area contributed by atoms with E-state index in [1.54, 1.807) is 6.07 Å². The maximum atomic E-state index is 8.89. The van der Waals surface area contributed by atoms with Gasteiger partial charge in [-0.15, -0.1) is 0 Å². The highest BCUT2D eigenvalue weighted by atomic mass is 16.5. The smallest absolute Gasteiger partial charge is 0.137 e. The molecule has 1 aromatic rings. The predicted octanol–water partition coefficient (Wildman–Crippen LogP) is 2.12. The van der Waals surface area contributed by atoms with Crippen LogP contribution in [0.1, 0.15) is 18.4 Å². The van der Waals surface area contributed by atoms with Crippen molar-refractivity contribution in [3.8, 4) is 11.8 Å². The van der Waals surface area contributed by atoms with Gasteiger partial charge in [0.15, 0.2) is 0 Å². The predicted molar refractivity (Wildman–Crippen MR) is 55.6 cm³/mol. The van der Waals surface area contributed by atoms with Crippen molar-refractivity contribution in [3.05, 3.63) is 29.8 Å². The Balaban J connectivity index is 2.06. The highest BCUT2D eigenvalue weighted by Crippen LogP contribution is 2.20. The Kier molecular flexibility index (Phi) is 3.21. The van der Waals surface area contributed by atoms with Crippen molar-refractivity contribution in [2.45, 2.75) is 18.9 Å². The van der Waals surface area contributed by atoms with Gasteiger partial charge in [-0.05, 0) is 25.0 Å². The van der Waals surface area contributed by atoms with Gasteiger partial charge in [0, 0.05) is 6.61 Å². The standard InChI is InChI=1S/C12H13NO2/c13-8-10-4-1-2-6-12(10)15-11-5-3-7-14-9-11/h1-2,4,6,11H,3,5,7,9H2. The van der Waals surface area contributed by atoms with E-state index in [0.717, 1.165) is 19.4 Å². The minimum Gasteiger partial charge on any atom is -0.487 e. The largest absolute Gasteiger partial charge is 0.487 e. The molecule has 2 rings (SSSR count). The maximum absolute atomic E-state index is 8.89. The molecule has 0 aromatic heterocycles. The van der Waals surface area contributed by atoms with E-state index in [1.165, 1.54) is 0 Å². The molecule has 15 heavy (non-hydrogen) atoms. The Morgan fingerprint density at radius 2 is 2.27 bits per heavy atom. The minimum absolute atomic E-state index is 0.0910. The minimum atomic E-state index is 0.0910. The second-order valence-corrected chi connectivity index (χ2v) is 3.56. The summed E-state index contributed by atoms with van der Waals surface area (Å²) in [6.45, 7) is 1.44. The lowest BCUT2D eigenvalue weighted by atomic mass is 10.1. The molecule has 0 N–H and O–H groups in total. The lowest BCUT2D eigenvalue weighted by molar-refractivity contribution is 0.00731. The first-order valence-corrected chi connectivity index (χ1v) is 5.13. The monoisotopic (exact) mass is 203 g/mol. The number of rotatable bonds is 2. The van der Waals surface area contributed by atoms with Gasteiger partial charge in [0.05, 0.1) is 12.2 Å². The molecule has 0 spiro atoms. The van der Waals surface area contributed by atoms with Gasteiger partial charge in [-0.3, -0.25) is 0 Å². The van der Waals surface area contributed by atoms with Crippen molar-refractivity contribution in [3.63, 3.8) is 0 Å². The van der Waals surface area contributed by atoms with Crippen molar-refractivity contribution >= 4 is 0 Å². The van der Waals surface area contributed by atoms with Gasteiger partial charge in [0.2, 0.25) is 0 Å². The van der Waals surface area contributed by atoms with E-state index in [2.05, 4.69) is 6.07 Å². The Morgan fingerprint density at radius 1 is 1.40 bits per heavy atom. The number of hydrogen-bond donors (Lipinski definition) is 0. The Labute approximate surface area is 89.2 Å². The van der Waals surface area contributed by atoms with Gasteiger partial charge in [-0.2, -0.15) is 5.26 Å². The van der Waals surface area contributed by atoms with Crippen molar-refractivity contribution in [2.75, 3.05) is 13.2 Å². The summed E-state index contributed by atoms with van der Waals surface area (Å²) in [6.07, 6.45) is 2.12. The molecule has 0 saturated carbocycles.